The quantitative estimate of drug-likeness (QED) is 0.496. The maximum atomic E-state index is 14.5. The van der Waals surface area contributed by atoms with Gasteiger partial charge in [0.25, 0.3) is 0 Å². The summed E-state index contributed by atoms with van der Waals surface area (Å²) in [5.74, 6) is -1.37. The number of amides is 3. The van der Waals surface area contributed by atoms with Crippen LogP contribution < -0.4 is 4.90 Å². The van der Waals surface area contributed by atoms with Crippen LogP contribution in [0.5, 0.6) is 0 Å². The first-order valence-corrected chi connectivity index (χ1v) is 15.2. The van der Waals surface area contributed by atoms with Gasteiger partial charge in [0.1, 0.15) is 6.04 Å². The molecule has 7 atom stereocenters. The van der Waals surface area contributed by atoms with Crippen LogP contribution in [0.3, 0.4) is 0 Å². The van der Waals surface area contributed by atoms with Gasteiger partial charge in [-0.25, -0.2) is 0 Å². The molecule has 4 heterocycles. The molecule has 1 N–H and O–H groups in total. The summed E-state index contributed by atoms with van der Waals surface area (Å²) in [7, 11) is 0. The smallest absolute Gasteiger partial charge is 0.247 e. The second-order valence-corrected chi connectivity index (χ2v) is 13.3. The van der Waals surface area contributed by atoms with E-state index in [9.17, 15) is 19.5 Å². The van der Waals surface area contributed by atoms with Gasteiger partial charge < -0.3 is 19.8 Å². The number of thioether (sulfide) groups is 1. The van der Waals surface area contributed by atoms with Crippen LogP contribution in [0.15, 0.2) is 54.6 Å². The molecule has 4 aliphatic rings. The van der Waals surface area contributed by atoms with Crippen molar-refractivity contribution in [1.29, 1.82) is 0 Å². The summed E-state index contributed by atoms with van der Waals surface area (Å²) in [6.07, 6.45) is 10.6. The Labute approximate surface area is 236 Å². The van der Waals surface area contributed by atoms with E-state index in [1.165, 1.54) is 0 Å². The Bertz CT molecular complexity index is 1150. The van der Waals surface area contributed by atoms with Crippen molar-refractivity contribution in [3.8, 4) is 0 Å². The lowest BCUT2D eigenvalue weighted by atomic mass is 9.78. The number of hydrogen-bond acceptors (Lipinski definition) is 5. The fraction of sp³-hybridized carbons (Fsp3) is 0.581. The minimum atomic E-state index is -0.867. The highest BCUT2D eigenvalue weighted by molar-refractivity contribution is 8.02. The van der Waals surface area contributed by atoms with E-state index in [1.54, 1.807) is 21.6 Å². The Hall–Kier alpha value is -2.58. The Morgan fingerprint density at radius 1 is 1.03 bits per heavy atom. The zero-order valence-electron chi connectivity index (χ0n) is 23.4. The summed E-state index contributed by atoms with van der Waals surface area (Å²) >= 11 is 1.60. The summed E-state index contributed by atoms with van der Waals surface area (Å²) in [5.41, 5.74) is 0.803. The number of anilines is 1. The number of para-hydroxylation sites is 1. The summed E-state index contributed by atoms with van der Waals surface area (Å²) in [5, 5.41) is 10.3. The number of benzene rings is 1. The minimum Gasteiger partial charge on any atom is -0.394 e. The molecule has 2 saturated heterocycles. The van der Waals surface area contributed by atoms with Crippen LogP contribution in [0.25, 0.3) is 0 Å². The summed E-state index contributed by atoms with van der Waals surface area (Å²) < 4.78 is -0.867. The van der Waals surface area contributed by atoms with Crippen molar-refractivity contribution in [2.75, 3.05) is 24.6 Å². The first kappa shape index (κ1) is 28.0. The van der Waals surface area contributed by atoms with E-state index in [1.807, 2.05) is 47.4 Å². The lowest BCUT2D eigenvalue weighted by Crippen LogP contribution is -2.58. The average Bonchev–Trinajstić information content (AvgIpc) is 3.23. The maximum Gasteiger partial charge on any atom is 0.247 e. The van der Waals surface area contributed by atoms with Crippen LogP contribution in [0.1, 0.15) is 47.0 Å². The van der Waals surface area contributed by atoms with Gasteiger partial charge in [0, 0.05) is 30.1 Å². The molecule has 5 rings (SSSR count). The normalized spacial score (nSPS) is 31.7. The molecular formula is C31H41N3O4S. The molecule has 0 radical (unpaired) electrons. The summed E-state index contributed by atoms with van der Waals surface area (Å²) in [6.45, 7) is 9.02. The first-order valence-electron chi connectivity index (χ1n) is 14.4. The van der Waals surface area contributed by atoms with Crippen molar-refractivity contribution in [2.45, 2.75) is 75.1 Å². The van der Waals surface area contributed by atoms with E-state index in [0.717, 1.165) is 18.5 Å². The number of likely N-dealkylation sites (tertiary alicyclic amines) is 1. The third-order valence-electron chi connectivity index (χ3n) is 8.78. The second-order valence-electron chi connectivity index (χ2n) is 11.8. The fourth-order valence-corrected chi connectivity index (χ4v) is 9.11. The predicted octanol–water partition coefficient (Wildman–Crippen LogP) is 3.88. The summed E-state index contributed by atoms with van der Waals surface area (Å²) in [4.78, 5) is 48.6. The molecule has 0 saturated carbocycles. The van der Waals surface area contributed by atoms with Gasteiger partial charge in [0.05, 0.1) is 29.2 Å². The van der Waals surface area contributed by atoms with Gasteiger partial charge in [0.2, 0.25) is 17.7 Å². The number of hydrogen-bond donors (Lipinski definition) is 1. The zero-order chi connectivity index (χ0) is 27.9. The van der Waals surface area contributed by atoms with Gasteiger partial charge in [-0.3, -0.25) is 14.4 Å². The summed E-state index contributed by atoms with van der Waals surface area (Å²) in [6, 6.07) is 8.37. The van der Waals surface area contributed by atoms with Crippen molar-refractivity contribution in [3.05, 3.63) is 54.6 Å². The number of aliphatic hydroxyl groups is 1. The SMILES string of the molecule is CCCC(C)N1CC=C[C@]23S[C@@H]4C=CCN(c5ccccc5)C(=O)[C@@H]4[C@H]2C(=O)N([C@@H](CO)CC(C)C)C3C1=O. The molecule has 3 amide bonds. The second kappa shape index (κ2) is 11.1. The van der Waals surface area contributed by atoms with Crippen molar-refractivity contribution >= 4 is 35.2 Å². The van der Waals surface area contributed by atoms with Crippen molar-refractivity contribution < 1.29 is 19.5 Å². The van der Waals surface area contributed by atoms with E-state index >= 15 is 0 Å². The lowest BCUT2D eigenvalue weighted by molar-refractivity contribution is -0.147. The van der Waals surface area contributed by atoms with Crippen LogP contribution in [-0.2, 0) is 14.4 Å². The van der Waals surface area contributed by atoms with Crippen LogP contribution in [0, 0.1) is 17.8 Å². The van der Waals surface area contributed by atoms with Crippen LogP contribution in [0.4, 0.5) is 5.69 Å². The highest BCUT2D eigenvalue weighted by atomic mass is 32.2. The Morgan fingerprint density at radius 3 is 2.44 bits per heavy atom. The zero-order valence-corrected chi connectivity index (χ0v) is 24.2. The Balaban J connectivity index is 1.62. The largest absolute Gasteiger partial charge is 0.394 e. The number of carbonyl (C=O) groups is 3. The highest BCUT2D eigenvalue weighted by Gasteiger charge is 2.71. The Morgan fingerprint density at radius 2 is 1.77 bits per heavy atom. The molecule has 0 aliphatic carbocycles. The Kier molecular flexibility index (Phi) is 7.98. The molecule has 7 nitrogen and oxygen atoms in total. The average molecular weight is 552 g/mol. The van der Waals surface area contributed by atoms with Crippen LogP contribution in [0.2, 0.25) is 0 Å². The third-order valence-corrected chi connectivity index (χ3v) is 10.5. The van der Waals surface area contributed by atoms with Gasteiger partial charge >= 0.3 is 0 Å². The van der Waals surface area contributed by atoms with E-state index in [0.29, 0.717) is 19.5 Å². The van der Waals surface area contributed by atoms with Gasteiger partial charge in [0.15, 0.2) is 0 Å². The van der Waals surface area contributed by atoms with Gasteiger partial charge in [-0.05, 0) is 37.8 Å². The number of fused-ring (bicyclic) bond motifs is 2. The minimum absolute atomic E-state index is 0.0305. The number of rotatable bonds is 8. The van der Waals surface area contributed by atoms with E-state index in [-0.39, 0.29) is 41.5 Å². The molecule has 39 heavy (non-hydrogen) atoms. The van der Waals surface area contributed by atoms with E-state index < -0.39 is 28.7 Å². The highest BCUT2D eigenvalue weighted by Crippen LogP contribution is 2.61. The fourth-order valence-electron chi connectivity index (χ4n) is 7.12. The van der Waals surface area contributed by atoms with Gasteiger partial charge in [-0.1, -0.05) is 69.7 Å². The lowest BCUT2D eigenvalue weighted by Gasteiger charge is -2.40. The monoisotopic (exact) mass is 551 g/mol. The van der Waals surface area contributed by atoms with Crippen molar-refractivity contribution in [1.82, 2.24) is 9.80 Å². The van der Waals surface area contributed by atoms with Gasteiger partial charge in [-0.15, -0.1) is 11.8 Å². The standard InChI is InChI=1S/C31H41N3O4S/c1-5-11-21(4)32-17-10-15-31-26(29(37)34(27(31)30(32)38)23(19-35)18-20(2)3)25-24(39-31)14-9-16-33(28(25)36)22-12-7-6-8-13-22/h6-10,12-15,20-21,23-27,35H,5,11,16-19H2,1-4H3/t21?,23-,24-,25+,26+,27?,31+/m1/s1. The number of nitrogens with zero attached hydrogens (tertiary/aromatic N) is 3. The molecule has 210 valence electrons. The molecule has 8 heteroatoms. The maximum absolute atomic E-state index is 14.5. The topological polar surface area (TPSA) is 81.2 Å². The van der Waals surface area contributed by atoms with Crippen LogP contribution >= 0.6 is 11.8 Å². The molecule has 1 spiro atoms. The van der Waals surface area contributed by atoms with E-state index in [2.05, 4.69) is 39.8 Å². The number of aliphatic hydroxyl groups excluding tert-OH is 1. The predicted molar refractivity (Wildman–Crippen MR) is 155 cm³/mol. The molecule has 1 aromatic rings. The molecule has 1 aromatic carbocycles. The molecule has 4 aliphatic heterocycles. The first-order chi connectivity index (χ1) is 18.7. The van der Waals surface area contributed by atoms with Crippen LogP contribution in [-0.4, -0.2) is 80.4 Å². The molecule has 0 aromatic heterocycles. The van der Waals surface area contributed by atoms with Gasteiger partial charge in [-0.2, -0.15) is 0 Å². The van der Waals surface area contributed by atoms with Crippen molar-refractivity contribution in [2.24, 2.45) is 17.8 Å². The van der Waals surface area contributed by atoms with Crippen molar-refractivity contribution in [3.63, 3.8) is 0 Å². The van der Waals surface area contributed by atoms with E-state index in [4.69, 9.17) is 0 Å². The third kappa shape index (κ3) is 4.63. The molecular weight excluding hydrogens is 510 g/mol. The number of carbonyl (C=O) groups excluding carboxylic acids is 3. The molecule has 2 unspecified atom stereocenters. The molecule has 0 bridgehead atoms. The molecule has 2 fully saturated rings.